The lowest BCUT2D eigenvalue weighted by Gasteiger charge is -2.13. The molecule has 0 bridgehead atoms. The SMILES string of the molecule is COc1cc(C=NNC(=O)c2ccc([N+](=O)[O-])cc2)cc(Cl)c1OCc1ccc(Cl)cc1. The first-order chi connectivity index (χ1) is 15.4. The van der Waals surface area contributed by atoms with Gasteiger partial charge in [-0.15, -0.1) is 0 Å². The molecular weight excluding hydrogens is 457 g/mol. The molecule has 0 aromatic heterocycles. The van der Waals surface area contributed by atoms with Crippen molar-refractivity contribution in [3.05, 3.63) is 97.5 Å². The second-order valence-corrected chi connectivity index (χ2v) is 7.30. The van der Waals surface area contributed by atoms with Gasteiger partial charge in [-0.1, -0.05) is 35.3 Å². The van der Waals surface area contributed by atoms with E-state index in [2.05, 4.69) is 10.5 Å². The molecule has 0 saturated carbocycles. The van der Waals surface area contributed by atoms with Crippen molar-refractivity contribution in [2.45, 2.75) is 6.61 Å². The van der Waals surface area contributed by atoms with Gasteiger partial charge in [0.1, 0.15) is 6.61 Å². The van der Waals surface area contributed by atoms with Crippen LogP contribution in [0, 0.1) is 10.1 Å². The molecule has 164 valence electrons. The van der Waals surface area contributed by atoms with Gasteiger partial charge in [0.05, 0.1) is 23.3 Å². The van der Waals surface area contributed by atoms with Crippen molar-refractivity contribution in [3.63, 3.8) is 0 Å². The molecule has 0 unspecified atom stereocenters. The topological polar surface area (TPSA) is 103 Å². The van der Waals surface area contributed by atoms with Crippen LogP contribution in [-0.2, 0) is 6.61 Å². The molecule has 0 radical (unpaired) electrons. The summed E-state index contributed by atoms with van der Waals surface area (Å²) in [6.07, 6.45) is 1.39. The molecule has 0 heterocycles. The highest BCUT2D eigenvalue weighted by Crippen LogP contribution is 2.36. The average Bonchev–Trinajstić information content (AvgIpc) is 2.79. The van der Waals surface area contributed by atoms with Gasteiger partial charge in [-0.25, -0.2) is 5.43 Å². The van der Waals surface area contributed by atoms with Gasteiger partial charge >= 0.3 is 0 Å². The van der Waals surface area contributed by atoms with Gasteiger partial charge in [-0.2, -0.15) is 5.10 Å². The van der Waals surface area contributed by atoms with Crippen LogP contribution in [0.5, 0.6) is 11.5 Å². The molecule has 32 heavy (non-hydrogen) atoms. The Morgan fingerprint density at radius 1 is 1.12 bits per heavy atom. The van der Waals surface area contributed by atoms with E-state index in [1.54, 1.807) is 24.3 Å². The monoisotopic (exact) mass is 473 g/mol. The molecule has 0 atom stereocenters. The summed E-state index contributed by atoms with van der Waals surface area (Å²) in [5.41, 5.74) is 3.95. The van der Waals surface area contributed by atoms with Crippen molar-refractivity contribution >= 4 is 41.0 Å². The standard InChI is InChI=1S/C22H17Cl2N3O5/c1-31-20-11-15(10-19(24)21(20)32-13-14-2-6-17(23)7-3-14)12-25-26-22(28)16-4-8-18(9-5-16)27(29)30/h2-12H,13H2,1H3,(H,26,28). The van der Waals surface area contributed by atoms with Crippen LogP contribution in [0.1, 0.15) is 21.5 Å². The maximum atomic E-state index is 12.1. The zero-order valence-corrected chi connectivity index (χ0v) is 18.3. The summed E-state index contributed by atoms with van der Waals surface area (Å²) in [7, 11) is 1.48. The van der Waals surface area contributed by atoms with Gasteiger partial charge in [0, 0.05) is 22.7 Å². The first-order valence-electron chi connectivity index (χ1n) is 9.20. The van der Waals surface area contributed by atoms with Gasteiger partial charge in [0.2, 0.25) is 0 Å². The normalized spacial score (nSPS) is 10.7. The van der Waals surface area contributed by atoms with E-state index in [-0.39, 0.29) is 17.9 Å². The van der Waals surface area contributed by atoms with E-state index in [0.717, 1.165) is 5.56 Å². The Hall–Kier alpha value is -3.62. The van der Waals surface area contributed by atoms with Crippen molar-refractivity contribution in [1.29, 1.82) is 0 Å². The number of nitro benzene ring substituents is 1. The van der Waals surface area contributed by atoms with Crippen molar-refractivity contribution in [2.24, 2.45) is 5.10 Å². The van der Waals surface area contributed by atoms with Crippen LogP contribution in [0.15, 0.2) is 65.8 Å². The quantitative estimate of drug-likeness (QED) is 0.273. The summed E-state index contributed by atoms with van der Waals surface area (Å²) in [6, 6.07) is 15.7. The van der Waals surface area contributed by atoms with E-state index >= 15 is 0 Å². The number of methoxy groups -OCH3 is 1. The zero-order valence-electron chi connectivity index (χ0n) is 16.7. The summed E-state index contributed by atoms with van der Waals surface area (Å²) in [4.78, 5) is 22.3. The van der Waals surface area contributed by atoms with E-state index in [4.69, 9.17) is 32.7 Å². The minimum atomic E-state index is -0.542. The Labute approximate surface area is 193 Å². The van der Waals surface area contributed by atoms with Crippen LogP contribution in [0.2, 0.25) is 10.0 Å². The lowest BCUT2D eigenvalue weighted by Crippen LogP contribution is -2.17. The Bertz CT molecular complexity index is 1150. The Morgan fingerprint density at radius 3 is 2.44 bits per heavy atom. The van der Waals surface area contributed by atoms with E-state index in [0.29, 0.717) is 27.1 Å². The van der Waals surface area contributed by atoms with Gasteiger partial charge in [-0.05, 0) is 47.5 Å². The van der Waals surface area contributed by atoms with Crippen LogP contribution in [0.25, 0.3) is 0 Å². The fourth-order valence-electron chi connectivity index (χ4n) is 2.66. The number of ether oxygens (including phenoxy) is 2. The zero-order chi connectivity index (χ0) is 23.1. The molecule has 0 aliphatic rings. The molecule has 3 aromatic carbocycles. The van der Waals surface area contributed by atoms with Gasteiger partial charge < -0.3 is 9.47 Å². The number of carbonyl (C=O) groups excluding carboxylic acids is 1. The number of non-ortho nitro benzene ring substituents is 1. The number of benzene rings is 3. The lowest BCUT2D eigenvalue weighted by atomic mass is 10.2. The Kier molecular flexibility index (Phi) is 7.64. The fraction of sp³-hybridized carbons (Fsp3) is 0.0909. The number of rotatable bonds is 8. The highest BCUT2D eigenvalue weighted by Gasteiger charge is 2.12. The fourth-order valence-corrected chi connectivity index (χ4v) is 3.05. The summed E-state index contributed by atoms with van der Waals surface area (Å²) >= 11 is 12.2. The first-order valence-corrected chi connectivity index (χ1v) is 9.95. The number of carbonyl (C=O) groups is 1. The van der Waals surface area contributed by atoms with Gasteiger partial charge in [0.25, 0.3) is 11.6 Å². The van der Waals surface area contributed by atoms with Crippen LogP contribution in [-0.4, -0.2) is 24.2 Å². The predicted molar refractivity (Wildman–Crippen MR) is 122 cm³/mol. The molecule has 8 nitrogen and oxygen atoms in total. The second-order valence-electron chi connectivity index (χ2n) is 6.45. The average molecular weight is 474 g/mol. The molecule has 0 fully saturated rings. The Morgan fingerprint density at radius 2 is 1.81 bits per heavy atom. The third-order valence-corrected chi connectivity index (χ3v) is 4.80. The third-order valence-electron chi connectivity index (χ3n) is 4.27. The van der Waals surface area contributed by atoms with E-state index < -0.39 is 10.8 Å². The Balaban J connectivity index is 1.66. The number of nitro groups is 1. The second kappa shape index (κ2) is 10.6. The summed E-state index contributed by atoms with van der Waals surface area (Å²) < 4.78 is 11.2. The van der Waals surface area contributed by atoms with E-state index in [1.165, 1.54) is 37.6 Å². The third kappa shape index (κ3) is 5.96. The summed E-state index contributed by atoms with van der Waals surface area (Å²) in [5.74, 6) is 0.253. The van der Waals surface area contributed by atoms with Crippen molar-refractivity contribution in [3.8, 4) is 11.5 Å². The van der Waals surface area contributed by atoms with Gasteiger partial charge in [-0.3, -0.25) is 14.9 Å². The minimum absolute atomic E-state index is 0.106. The van der Waals surface area contributed by atoms with E-state index in [1.807, 2.05) is 12.1 Å². The minimum Gasteiger partial charge on any atom is -0.493 e. The van der Waals surface area contributed by atoms with Crippen LogP contribution >= 0.6 is 23.2 Å². The number of nitrogens with zero attached hydrogens (tertiary/aromatic N) is 2. The van der Waals surface area contributed by atoms with Crippen molar-refractivity contribution in [1.82, 2.24) is 5.43 Å². The number of nitrogens with one attached hydrogen (secondary N) is 1. The molecule has 10 heteroatoms. The van der Waals surface area contributed by atoms with Gasteiger partial charge in [0.15, 0.2) is 11.5 Å². The molecule has 3 aromatic rings. The summed E-state index contributed by atoms with van der Waals surface area (Å²) in [6.45, 7) is 0.270. The number of halogens is 2. The number of hydrogen-bond donors (Lipinski definition) is 1. The molecule has 1 amide bonds. The maximum absolute atomic E-state index is 12.1. The number of amides is 1. The highest BCUT2D eigenvalue weighted by molar-refractivity contribution is 6.32. The molecule has 0 spiro atoms. The first kappa shape index (κ1) is 23.1. The lowest BCUT2D eigenvalue weighted by molar-refractivity contribution is -0.384. The molecule has 0 saturated heterocycles. The number of hydrogen-bond acceptors (Lipinski definition) is 6. The van der Waals surface area contributed by atoms with Crippen molar-refractivity contribution in [2.75, 3.05) is 7.11 Å². The molecular formula is C22H17Cl2N3O5. The highest BCUT2D eigenvalue weighted by atomic mass is 35.5. The van der Waals surface area contributed by atoms with E-state index in [9.17, 15) is 14.9 Å². The van der Waals surface area contributed by atoms with Crippen LogP contribution in [0.4, 0.5) is 5.69 Å². The molecule has 1 N–H and O–H groups in total. The number of hydrazone groups is 1. The maximum Gasteiger partial charge on any atom is 0.271 e. The van der Waals surface area contributed by atoms with Crippen molar-refractivity contribution < 1.29 is 19.2 Å². The van der Waals surface area contributed by atoms with Crippen LogP contribution < -0.4 is 14.9 Å². The molecule has 3 rings (SSSR count). The largest absolute Gasteiger partial charge is 0.493 e. The molecule has 0 aliphatic heterocycles. The smallest absolute Gasteiger partial charge is 0.271 e. The predicted octanol–water partition coefficient (Wildman–Crippen LogP) is 5.25. The van der Waals surface area contributed by atoms with Crippen LogP contribution in [0.3, 0.4) is 0 Å². The molecule has 0 aliphatic carbocycles. The summed E-state index contributed by atoms with van der Waals surface area (Å²) in [5, 5.41) is 15.5.